The molecule has 16 heteroatoms. The molecule has 0 bridgehead atoms. The summed E-state index contributed by atoms with van der Waals surface area (Å²) in [6.45, 7) is -0.732. The zero-order valence-electron chi connectivity index (χ0n) is 22.4. The van der Waals surface area contributed by atoms with E-state index in [9.17, 15) is 45.5 Å². The number of fused-ring (bicyclic) bond motifs is 2. The minimum atomic E-state index is -4.88. The molecule has 8 nitrogen and oxygen atoms in total. The molecular formula is C29H18F6N4O4S2. The highest BCUT2D eigenvalue weighted by atomic mass is 32.2. The summed E-state index contributed by atoms with van der Waals surface area (Å²) in [6, 6.07) is 11.6. The maximum atomic E-state index is 13.9. The Kier molecular flexibility index (Phi) is 7.59. The lowest BCUT2D eigenvalue weighted by Gasteiger charge is -2.30. The number of rotatable bonds is 5. The van der Waals surface area contributed by atoms with E-state index in [0.717, 1.165) is 52.7 Å². The largest absolute Gasteiger partial charge is 0.418 e. The van der Waals surface area contributed by atoms with Crippen LogP contribution in [0.4, 0.5) is 37.7 Å². The molecule has 232 valence electrons. The Morgan fingerprint density at radius 3 is 2.20 bits per heavy atom. The minimum absolute atomic E-state index is 0.103. The van der Waals surface area contributed by atoms with Gasteiger partial charge in [-0.2, -0.15) is 26.3 Å². The van der Waals surface area contributed by atoms with Gasteiger partial charge < -0.3 is 5.32 Å². The fourth-order valence-corrected chi connectivity index (χ4v) is 8.27. The van der Waals surface area contributed by atoms with Crippen LogP contribution in [-0.2, 0) is 33.3 Å². The van der Waals surface area contributed by atoms with Gasteiger partial charge in [0.15, 0.2) is 0 Å². The molecule has 0 spiro atoms. The van der Waals surface area contributed by atoms with Crippen molar-refractivity contribution in [3.63, 3.8) is 0 Å². The molecule has 0 saturated carbocycles. The second-order valence-electron chi connectivity index (χ2n) is 10.1. The highest BCUT2D eigenvalue weighted by molar-refractivity contribution is 8.00. The highest BCUT2D eigenvalue weighted by Crippen LogP contribution is 2.54. The quantitative estimate of drug-likeness (QED) is 0.215. The number of benzene rings is 2. The summed E-state index contributed by atoms with van der Waals surface area (Å²) in [5, 5.41) is 0.991. The first-order valence-corrected chi connectivity index (χ1v) is 14.8. The molecule has 2 aromatic heterocycles. The van der Waals surface area contributed by atoms with Crippen LogP contribution in [0.25, 0.3) is 0 Å². The van der Waals surface area contributed by atoms with Gasteiger partial charge in [0.05, 0.1) is 33.4 Å². The average Bonchev–Trinajstić information content (AvgIpc) is 3.43. The SMILES string of the molecule is O=C(Cn1c2c(sc1=O)C(c1cccnc1)C1C(=O)N(c3ccccc3C(F)(F)F)C(=O)C1S2)Nc1ccccc1C(F)(F)F. The standard InChI is InChI=1S/C29H18F6N4O4S2/c30-28(31,32)15-7-1-3-9-17(15)37-19(40)13-38-26-23(45-27(38)43)20(14-6-5-11-36-12-14)21-22(44-26)25(42)39(24(21)41)18-10-4-2-8-16(18)29(33,34)35/h1-12,20-22H,13H2,(H,37,40). The molecule has 6 rings (SSSR count). The molecular weight excluding hydrogens is 646 g/mol. The number of para-hydroxylation sites is 2. The summed E-state index contributed by atoms with van der Waals surface area (Å²) in [7, 11) is 0. The number of alkyl halides is 6. The molecule has 1 saturated heterocycles. The van der Waals surface area contributed by atoms with Crippen LogP contribution in [0.1, 0.15) is 27.5 Å². The second-order valence-corrected chi connectivity index (χ2v) is 12.2. The summed E-state index contributed by atoms with van der Waals surface area (Å²) >= 11 is 1.42. The van der Waals surface area contributed by atoms with Gasteiger partial charge in [0.25, 0.3) is 0 Å². The van der Waals surface area contributed by atoms with Crippen LogP contribution < -0.4 is 15.1 Å². The first-order valence-electron chi connectivity index (χ1n) is 13.1. The van der Waals surface area contributed by atoms with Crippen molar-refractivity contribution in [1.29, 1.82) is 0 Å². The molecule has 4 aromatic rings. The Bertz CT molecular complexity index is 1890. The van der Waals surface area contributed by atoms with Crippen LogP contribution in [0.2, 0.25) is 0 Å². The van der Waals surface area contributed by atoms with Crippen molar-refractivity contribution < 1.29 is 40.7 Å². The first-order chi connectivity index (χ1) is 21.3. The smallest absolute Gasteiger partial charge is 0.324 e. The summed E-state index contributed by atoms with van der Waals surface area (Å²) in [6.07, 6.45) is -6.79. The number of imide groups is 1. The summed E-state index contributed by atoms with van der Waals surface area (Å²) < 4.78 is 83.1. The molecule has 1 N–H and O–H groups in total. The third-order valence-electron chi connectivity index (χ3n) is 7.35. The number of nitrogens with one attached hydrogen (secondary N) is 1. The summed E-state index contributed by atoms with van der Waals surface area (Å²) in [4.78, 5) is 58.0. The number of halogens is 6. The van der Waals surface area contributed by atoms with E-state index in [0.29, 0.717) is 21.8 Å². The van der Waals surface area contributed by atoms with E-state index >= 15 is 0 Å². The summed E-state index contributed by atoms with van der Waals surface area (Å²) in [5.74, 6) is -5.03. The highest BCUT2D eigenvalue weighted by Gasteiger charge is 2.58. The van der Waals surface area contributed by atoms with Crippen LogP contribution in [0.3, 0.4) is 0 Å². The van der Waals surface area contributed by atoms with Gasteiger partial charge >= 0.3 is 17.2 Å². The number of pyridine rings is 1. The Morgan fingerprint density at radius 1 is 0.867 bits per heavy atom. The number of thiazole rings is 1. The van der Waals surface area contributed by atoms with E-state index in [2.05, 4.69) is 10.3 Å². The van der Waals surface area contributed by atoms with Crippen molar-refractivity contribution >= 4 is 52.2 Å². The zero-order chi connectivity index (χ0) is 32.3. The molecule has 4 heterocycles. The molecule has 1 fully saturated rings. The number of hydrogen-bond acceptors (Lipinski definition) is 7. The van der Waals surface area contributed by atoms with Crippen LogP contribution >= 0.6 is 23.1 Å². The Hall–Kier alpha value is -4.44. The summed E-state index contributed by atoms with van der Waals surface area (Å²) in [5.41, 5.74) is -3.04. The van der Waals surface area contributed by atoms with Crippen molar-refractivity contribution in [3.8, 4) is 0 Å². The molecule has 0 aliphatic carbocycles. The Morgan fingerprint density at radius 2 is 1.53 bits per heavy atom. The van der Waals surface area contributed by atoms with E-state index in [4.69, 9.17) is 0 Å². The average molecular weight is 665 g/mol. The maximum Gasteiger partial charge on any atom is 0.418 e. The van der Waals surface area contributed by atoms with Gasteiger partial charge in [-0.3, -0.25) is 28.7 Å². The van der Waals surface area contributed by atoms with Crippen LogP contribution in [0.15, 0.2) is 82.9 Å². The van der Waals surface area contributed by atoms with Gasteiger partial charge in [0.2, 0.25) is 17.7 Å². The van der Waals surface area contributed by atoms with Gasteiger partial charge in [0, 0.05) is 23.2 Å². The Labute approximate surface area is 257 Å². The monoisotopic (exact) mass is 664 g/mol. The molecule has 3 amide bonds. The molecule has 2 aliphatic heterocycles. The third kappa shape index (κ3) is 5.41. The van der Waals surface area contributed by atoms with Crippen molar-refractivity contribution in [2.24, 2.45) is 5.92 Å². The van der Waals surface area contributed by atoms with Crippen LogP contribution in [0, 0.1) is 5.92 Å². The molecule has 0 radical (unpaired) electrons. The fourth-order valence-electron chi connectivity index (χ4n) is 5.49. The van der Waals surface area contributed by atoms with Crippen molar-refractivity contribution in [3.05, 3.63) is 104 Å². The first kappa shape index (κ1) is 30.6. The third-order valence-corrected chi connectivity index (χ3v) is 9.96. The van der Waals surface area contributed by atoms with E-state index in [-0.39, 0.29) is 9.90 Å². The molecule has 3 unspecified atom stereocenters. The molecule has 3 atom stereocenters. The van der Waals surface area contributed by atoms with Gasteiger partial charge in [-0.05, 0) is 35.9 Å². The number of nitrogens with zero attached hydrogens (tertiary/aromatic N) is 3. The number of carbonyl (C=O) groups excluding carboxylic acids is 3. The minimum Gasteiger partial charge on any atom is -0.324 e. The van der Waals surface area contributed by atoms with Gasteiger partial charge in [-0.15, -0.1) is 0 Å². The second kappa shape index (κ2) is 11.2. The predicted octanol–water partition coefficient (Wildman–Crippen LogP) is 5.78. The number of amides is 3. The predicted molar refractivity (Wildman–Crippen MR) is 152 cm³/mol. The van der Waals surface area contributed by atoms with Crippen molar-refractivity contribution in [2.75, 3.05) is 10.2 Å². The van der Waals surface area contributed by atoms with Gasteiger partial charge in [0.1, 0.15) is 11.8 Å². The lowest BCUT2D eigenvalue weighted by molar-refractivity contribution is -0.138. The Balaban J connectivity index is 1.41. The molecule has 45 heavy (non-hydrogen) atoms. The number of anilines is 2. The lowest BCUT2D eigenvalue weighted by Crippen LogP contribution is -2.33. The topological polar surface area (TPSA) is 101 Å². The van der Waals surface area contributed by atoms with Gasteiger partial charge in [-0.1, -0.05) is 53.4 Å². The van der Waals surface area contributed by atoms with Crippen molar-refractivity contribution in [1.82, 2.24) is 9.55 Å². The number of carbonyl (C=O) groups is 3. The van der Waals surface area contributed by atoms with E-state index in [1.54, 1.807) is 12.1 Å². The number of hydrogen-bond donors (Lipinski definition) is 1. The van der Waals surface area contributed by atoms with E-state index in [1.807, 2.05) is 0 Å². The van der Waals surface area contributed by atoms with Crippen LogP contribution in [0.5, 0.6) is 0 Å². The lowest BCUT2D eigenvalue weighted by atomic mass is 9.84. The van der Waals surface area contributed by atoms with E-state index < -0.39 is 81.1 Å². The fraction of sp³-hybridized carbons (Fsp3) is 0.207. The molecule has 2 aromatic carbocycles. The maximum absolute atomic E-state index is 13.9. The van der Waals surface area contributed by atoms with Crippen molar-refractivity contribution in [2.45, 2.75) is 35.1 Å². The number of aromatic nitrogens is 2. The van der Waals surface area contributed by atoms with E-state index in [1.165, 1.54) is 24.5 Å². The number of thioether (sulfide) groups is 1. The molecule has 2 aliphatic rings. The van der Waals surface area contributed by atoms with Gasteiger partial charge in [-0.25, -0.2) is 4.90 Å². The zero-order valence-corrected chi connectivity index (χ0v) is 24.1. The van der Waals surface area contributed by atoms with Crippen LogP contribution in [-0.4, -0.2) is 32.5 Å². The normalized spacial score (nSPS) is 19.8.